The van der Waals surface area contributed by atoms with E-state index in [1.807, 2.05) is 12.5 Å². The highest BCUT2D eigenvalue weighted by molar-refractivity contribution is 9.22. The summed E-state index contributed by atoms with van der Waals surface area (Å²) in [6.45, 7) is 4.31. The number of hydrogen-bond donors (Lipinski definition) is 0. The van der Waals surface area contributed by atoms with E-state index in [9.17, 15) is 0 Å². The second-order valence-electron chi connectivity index (χ2n) is 0.408. The predicted molar refractivity (Wildman–Crippen MR) is 34.1 cm³/mol. The Morgan fingerprint density at radius 3 is 1.40 bits per heavy atom. The minimum atomic E-state index is 1.75. The lowest BCUT2D eigenvalue weighted by Gasteiger charge is -1.51. The molecule has 0 heterocycles. The minimum absolute atomic E-state index is 1.75. The molecule has 0 rings (SSSR count). The Hall–Kier alpha value is 0.895. The molecule has 3 heteroatoms. The molecule has 0 unspecified atom stereocenters. The maximum Gasteiger partial charge on any atom is 0.176 e. The molecule has 0 nitrogen and oxygen atoms in total. The maximum atomic E-state index is 4.31. The fraction of sp³-hybridized carbons (Fsp3) is 1.00. The summed E-state index contributed by atoms with van der Waals surface area (Å²) in [6, 6.07) is 0. The van der Waals surface area contributed by atoms with Crippen LogP contribution in [0.25, 0.3) is 0 Å². The van der Waals surface area contributed by atoms with E-state index in [1.165, 1.54) is 0 Å². The average Bonchev–Trinajstić information content (AvgIpc) is 1.46. The van der Waals surface area contributed by atoms with Crippen LogP contribution in [-0.2, 0) is 0 Å². The lowest BCUT2D eigenvalue weighted by atomic mass is 10.8. The van der Waals surface area contributed by atoms with Crippen molar-refractivity contribution in [2.24, 2.45) is 0 Å². The smallest absolute Gasteiger partial charge is 0.176 e. The van der Waals surface area contributed by atoms with Crippen molar-refractivity contribution in [1.82, 2.24) is 0 Å². The van der Waals surface area contributed by atoms with E-state index < -0.39 is 0 Å². The van der Waals surface area contributed by atoms with Gasteiger partial charge in [0.2, 0.25) is 0 Å². The summed E-state index contributed by atoms with van der Waals surface area (Å²) in [5.74, 6) is 0. The Morgan fingerprint density at radius 1 is 1.40 bits per heavy atom. The number of rotatable bonds is 0. The molecule has 0 N–H and O–H groups in total. The fourth-order valence-electron chi connectivity index (χ4n) is 0. The fourth-order valence-corrected chi connectivity index (χ4v) is 0. The first-order valence-corrected chi connectivity index (χ1v) is 3.58. The summed E-state index contributed by atoms with van der Waals surface area (Å²) in [6.07, 6.45) is 4.08. The normalized spacial score (nSPS) is 4.60. The van der Waals surface area contributed by atoms with Crippen molar-refractivity contribution >= 4 is 34.2 Å². The average molecular weight is 153 g/mol. The van der Waals surface area contributed by atoms with E-state index in [1.54, 1.807) is 11.8 Å². The van der Waals surface area contributed by atoms with Crippen molar-refractivity contribution in [3.63, 3.8) is 0 Å². The van der Waals surface area contributed by atoms with Gasteiger partial charge in [0.25, 0.3) is 0 Å². The lowest BCUT2D eigenvalue weighted by Crippen LogP contribution is -1.25. The molecule has 0 atom stereocenters. The molecule has 0 aromatic heterocycles. The third-order valence-corrected chi connectivity index (χ3v) is 0. The van der Waals surface area contributed by atoms with Crippen LogP contribution in [-0.4, -0.2) is 19.2 Å². The van der Waals surface area contributed by atoms with E-state index in [4.69, 9.17) is 0 Å². The molecule has 0 aromatic rings. The zero-order valence-corrected chi connectivity index (χ0v) is 5.77. The first kappa shape index (κ1) is 9.31. The molecule has 0 aliphatic rings. The van der Waals surface area contributed by atoms with Gasteiger partial charge in [-0.2, -0.15) is 27.5 Å². The number of halogens is 1. The highest BCUT2D eigenvalue weighted by Gasteiger charge is 1.32. The van der Waals surface area contributed by atoms with E-state index in [0.29, 0.717) is 0 Å². The Balaban J connectivity index is 0. The quantitative estimate of drug-likeness (QED) is 0.474. The van der Waals surface area contributed by atoms with Crippen LogP contribution in [0.5, 0.6) is 0 Å². The summed E-state index contributed by atoms with van der Waals surface area (Å²) >= 11 is 4.19. The molecule has 0 aromatic carbocycles. The van der Waals surface area contributed by atoms with Crippen molar-refractivity contribution in [2.75, 3.05) is 12.5 Å². The van der Waals surface area contributed by atoms with E-state index in [-0.39, 0.29) is 0 Å². The van der Waals surface area contributed by atoms with Gasteiger partial charge in [-0.1, -0.05) is 0 Å². The molecule has 0 spiro atoms. The van der Waals surface area contributed by atoms with E-state index in [0.717, 1.165) is 0 Å². The van der Waals surface area contributed by atoms with Gasteiger partial charge in [-0.05, 0) is 12.5 Å². The molecular formula is C2H6BBrS. The molecule has 0 bridgehead atoms. The summed E-state index contributed by atoms with van der Waals surface area (Å²) < 4.78 is 0. The van der Waals surface area contributed by atoms with Crippen LogP contribution in [0.2, 0.25) is 0 Å². The van der Waals surface area contributed by atoms with Crippen LogP contribution in [0.1, 0.15) is 0 Å². The first-order valence-electron chi connectivity index (χ1n) is 1.03. The third-order valence-electron chi connectivity index (χ3n) is 0. The van der Waals surface area contributed by atoms with Crippen LogP contribution in [0, 0.1) is 0 Å². The van der Waals surface area contributed by atoms with Crippen molar-refractivity contribution in [2.45, 2.75) is 0 Å². The van der Waals surface area contributed by atoms with Crippen LogP contribution in [0.15, 0.2) is 0 Å². The van der Waals surface area contributed by atoms with Crippen molar-refractivity contribution in [1.29, 1.82) is 0 Å². The lowest BCUT2D eigenvalue weighted by molar-refractivity contribution is 2.37. The van der Waals surface area contributed by atoms with Crippen molar-refractivity contribution < 1.29 is 0 Å². The van der Waals surface area contributed by atoms with Crippen LogP contribution in [0.4, 0.5) is 0 Å². The highest BCUT2D eigenvalue weighted by Crippen LogP contribution is 1.70. The molecule has 0 amide bonds. The van der Waals surface area contributed by atoms with Gasteiger partial charge in [-0.15, -0.1) is 0 Å². The van der Waals surface area contributed by atoms with Gasteiger partial charge in [0.1, 0.15) is 0 Å². The van der Waals surface area contributed by atoms with Gasteiger partial charge in [-0.3, -0.25) is 0 Å². The maximum absolute atomic E-state index is 4.31. The second kappa shape index (κ2) is 20.7. The van der Waals surface area contributed by atoms with Gasteiger partial charge in [0.15, 0.2) is 6.67 Å². The summed E-state index contributed by atoms with van der Waals surface area (Å²) in [5, 5.41) is 0. The molecule has 0 saturated heterocycles. The monoisotopic (exact) mass is 152 g/mol. The largest absolute Gasteiger partial charge is 0.176 e. The molecule has 30 valence electrons. The van der Waals surface area contributed by atoms with Crippen molar-refractivity contribution in [3.05, 3.63) is 0 Å². The molecule has 0 aliphatic carbocycles. The Morgan fingerprint density at radius 2 is 1.40 bits per heavy atom. The van der Waals surface area contributed by atoms with Gasteiger partial charge in [0, 0.05) is 0 Å². The predicted octanol–water partition coefficient (Wildman–Crippen LogP) is 1.44. The molecule has 0 saturated carbocycles. The SMILES string of the molecule is CSC.[B]Br. The third kappa shape index (κ3) is 51.2. The molecule has 0 aliphatic heterocycles. The van der Waals surface area contributed by atoms with E-state index >= 15 is 0 Å². The number of thioether (sulfide) groups is 1. The van der Waals surface area contributed by atoms with Crippen LogP contribution in [0.3, 0.4) is 0 Å². The number of hydrogen-bond acceptors (Lipinski definition) is 1. The highest BCUT2D eigenvalue weighted by atomic mass is 79.9. The zero-order chi connectivity index (χ0) is 4.71. The topological polar surface area (TPSA) is 0 Å². The Labute approximate surface area is 47.1 Å². The molecule has 0 fully saturated rings. The first-order chi connectivity index (χ1) is 2.41. The second-order valence-corrected chi connectivity index (χ2v) is 1.22. The van der Waals surface area contributed by atoms with Crippen molar-refractivity contribution in [3.8, 4) is 0 Å². The van der Waals surface area contributed by atoms with Gasteiger partial charge >= 0.3 is 0 Å². The summed E-state index contributed by atoms with van der Waals surface area (Å²) in [4.78, 5) is 0. The van der Waals surface area contributed by atoms with Crippen LogP contribution >= 0.6 is 27.5 Å². The zero-order valence-electron chi connectivity index (χ0n) is 3.36. The summed E-state index contributed by atoms with van der Waals surface area (Å²) in [7, 11) is 0. The standard InChI is InChI=1S/C2H6S.BBr/c1-3-2;1-2/h1-2H3;. The van der Waals surface area contributed by atoms with E-state index in [2.05, 4.69) is 22.4 Å². The Bertz CT molecular complexity index is 9.61. The van der Waals surface area contributed by atoms with Gasteiger partial charge in [0.05, 0.1) is 0 Å². The Kier molecular flexibility index (Phi) is 38.5. The van der Waals surface area contributed by atoms with Gasteiger partial charge < -0.3 is 0 Å². The van der Waals surface area contributed by atoms with Crippen LogP contribution < -0.4 is 0 Å². The molecule has 2 radical (unpaired) electrons. The van der Waals surface area contributed by atoms with Gasteiger partial charge in [-0.25, -0.2) is 0 Å². The molecular weight excluding hydrogens is 147 g/mol. The molecule has 5 heavy (non-hydrogen) atoms. The summed E-state index contributed by atoms with van der Waals surface area (Å²) in [5.41, 5.74) is 0. The minimum Gasteiger partial charge on any atom is -0.176 e.